The van der Waals surface area contributed by atoms with Gasteiger partial charge in [0.2, 0.25) is 0 Å². The Balaban J connectivity index is 0.00000392. The van der Waals surface area contributed by atoms with Crippen LogP contribution in [0.2, 0.25) is 0 Å². The van der Waals surface area contributed by atoms with Gasteiger partial charge in [0.25, 0.3) is 0 Å². The molecule has 0 spiro atoms. The maximum Gasteiger partial charge on any atom is 0.194 e. The van der Waals surface area contributed by atoms with Crippen molar-refractivity contribution in [2.45, 2.75) is 24.5 Å². The summed E-state index contributed by atoms with van der Waals surface area (Å²) in [6.45, 7) is 3.83. The van der Waals surface area contributed by atoms with E-state index in [9.17, 15) is 5.11 Å². The average Bonchev–Trinajstić information content (AvgIpc) is 2.71. The normalized spacial score (nSPS) is 12.1. The molecular formula is C21H30IN3O2S. The number of aliphatic imine (C=N–C) groups is 1. The van der Waals surface area contributed by atoms with Gasteiger partial charge >= 0.3 is 0 Å². The summed E-state index contributed by atoms with van der Waals surface area (Å²) in [5, 5.41) is 13.8. The van der Waals surface area contributed by atoms with E-state index in [0.29, 0.717) is 0 Å². The standard InChI is InChI=1S/C21H29N3O2S.HI/c1-5-22-21(24(2)15-16-9-11-19(27-4)12-10-16)23-14-20(25)17-7-6-8-18(13-17)26-3;/h6-13,20,25H,5,14-15H2,1-4H3,(H,22,23);1H. The first-order valence-electron chi connectivity index (χ1n) is 9.01. The quantitative estimate of drug-likeness (QED) is 0.239. The smallest absolute Gasteiger partial charge is 0.194 e. The van der Waals surface area contributed by atoms with Crippen LogP contribution < -0.4 is 10.1 Å². The average molecular weight is 515 g/mol. The molecule has 5 nitrogen and oxygen atoms in total. The van der Waals surface area contributed by atoms with E-state index in [1.165, 1.54) is 10.5 Å². The molecule has 0 saturated heterocycles. The molecule has 0 aliphatic rings. The van der Waals surface area contributed by atoms with Gasteiger partial charge in [0.05, 0.1) is 19.8 Å². The molecule has 28 heavy (non-hydrogen) atoms. The van der Waals surface area contributed by atoms with Crippen LogP contribution in [0.1, 0.15) is 24.2 Å². The van der Waals surface area contributed by atoms with Crippen LogP contribution in [-0.4, -0.2) is 49.5 Å². The third kappa shape index (κ3) is 7.52. The highest BCUT2D eigenvalue weighted by molar-refractivity contribution is 14.0. The molecule has 1 atom stereocenters. The lowest BCUT2D eigenvalue weighted by molar-refractivity contribution is 0.186. The summed E-state index contributed by atoms with van der Waals surface area (Å²) in [6, 6.07) is 16.0. The van der Waals surface area contributed by atoms with E-state index < -0.39 is 6.10 Å². The Hall–Kier alpha value is -1.45. The maximum absolute atomic E-state index is 10.5. The van der Waals surface area contributed by atoms with Gasteiger partial charge in [0.15, 0.2) is 5.96 Å². The van der Waals surface area contributed by atoms with Crippen LogP contribution in [0.25, 0.3) is 0 Å². The zero-order chi connectivity index (χ0) is 19.6. The number of rotatable bonds is 8. The van der Waals surface area contributed by atoms with Crippen LogP contribution in [0.4, 0.5) is 0 Å². The van der Waals surface area contributed by atoms with Gasteiger partial charge in [0.1, 0.15) is 5.75 Å². The van der Waals surface area contributed by atoms with E-state index in [0.717, 1.165) is 30.4 Å². The first-order chi connectivity index (χ1) is 13.1. The highest BCUT2D eigenvalue weighted by Crippen LogP contribution is 2.19. The molecule has 2 aromatic rings. The van der Waals surface area contributed by atoms with Gasteiger partial charge in [-0.25, -0.2) is 0 Å². The van der Waals surface area contributed by atoms with Gasteiger partial charge in [-0.3, -0.25) is 4.99 Å². The van der Waals surface area contributed by atoms with E-state index in [1.807, 2.05) is 38.2 Å². The molecule has 0 aliphatic carbocycles. The molecule has 1 unspecified atom stereocenters. The summed E-state index contributed by atoms with van der Waals surface area (Å²) in [6.07, 6.45) is 1.40. The first kappa shape index (κ1) is 24.6. The summed E-state index contributed by atoms with van der Waals surface area (Å²) in [5.74, 6) is 1.50. The number of hydrogen-bond donors (Lipinski definition) is 2. The SMILES string of the molecule is CCNC(=NCC(O)c1cccc(OC)c1)N(C)Cc1ccc(SC)cc1.I. The lowest BCUT2D eigenvalue weighted by atomic mass is 10.1. The fraction of sp³-hybridized carbons (Fsp3) is 0.381. The number of ether oxygens (including phenoxy) is 1. The monoisotopic (exact) mass is 515 g/mol. The van der Waals surface area contributed by atoms with Crippen molar-refractivity contribution in [3.05, 3.63) is 59.7 Å². The molecule has 0 saturated carbocycles. The minimum atomic E-state index is -0.678. The number of aliphatic hydroxyl groups excluding tert-OH is 1. The van der Waals surface area contributed by atoms with E-state index >= 15 is 0 Å². The van der Waals surface area contributed by atoms with Gasteiger partial charge < -0.3 is 20.1 Å². The number of hydrogen-bond acceptors (Lipinski definition) is 4. The van der Waals surface area contributed by atoms with Crippen molar-refractivity contribution in [3.8, 4) is 5.75 Å². The molecule has 2 aromatic carbocycles. The molecule has 0 aliphatic heterocycles. The Morgan fingerprint density at radius 2 is 1.96 bits per heavy atom. The summed E-state index contributed by atoms with van der Waals surface area (Å²) in [4.78, 5) is 7.93. The predicted molar refractivity (Wildman–Crippen MR) is 129 cm³/mol. The largest absolute Gasteiger partial charge is 0.497 e. The predicted octanol–water partition coefficient (Wildman–Crippen LogP) is 4.17. The Labute approximate surface area is 189 Å². The van der Waals surface area contributed by atoms with E-state index in [-0.39, 0.29) is 30.5 Å². The van der Waals surface area contributed by atoms with Crippen molar-refractivity contribution < 1.29 is 9.84 Å². The first-order valence-corrected chi connectivity index (χ1v) is 10.2. The zero-order valence-corrected chi connectivity index (χ0v) is 20.0. The second kappa shape index (κ2) is 12.9. The van der Waals surface area contributed by atoms with Crippen molar-refractivity contribution in [1.29, 1.82) is 0 Å². The van der Waals surface area contributed by atoms with Crippen LogP contribution >= 0.6 is 35.7 Å². The molecule has 7 heteroatoms. The highest BCUT2D eigenvalue weighted by Gasteiger charge is 2.11. The Morgan fingerprint density at radius 1 is 1.25 bits per heavy atom. The number of nitrogens with zero attached hydrogens (tertiary/aromatic N) is 2. The number of aliphatic hydroxyl groups is 1. The van der Waals surface area contributed by atoms with Gasteiger partial charge in [-0.2, -0.15) is 0 Å². The molecule has 0 radical (unpaired) electrons. The molecule has 0 aromatic heterocycles. The number of guanidine groups is 1. The van der Waals surface area contributed by atoms with Gasteiger partial charge in [-0.15, -0.1) is 35.7 Å². The third-order valence-corrected chi connectivity index (χ3v) is 4.91. The number of nitrogens with one attached hydrogen (secondary N) is 1. The molecule has 0 heterocycles. The van der Waals surface area contributed by atoms with Gasteiger partial charge in [-0.05, 0) is 48.6 Å². The molecular weight excluding hydrogens is 485 g/mol. The van der Waals surface area contributed by atoms with E-state index in [2.05, 4.69) is 45.7 Å². The van der Waals surface area contributed by atoms with Crippen LogP contribution in [-0.2, 0) is 6.54 Å². The van der Waals surface area contributed by atoms with Crippen LogP contribution in [0.15, 0.2) is 58.4 Å². The summed E-state index contributed by atoms with van der Waals surface area (Å²) in [5.41, 5.74) is 2.01. The van der Waals surface area contributed by atoms with Crippen molar-refractivity contribution in [3.63, 3.8) is 0 Å². The molecule has 0 amide bonds. The van der Waals surface area contributed by atoms with Crippen molar-refractivity contribution in [2.75, 3.05) is 33.5 Å². The summed E-state index contributed by atoms with van der Waals surface area (Å²) < 4.78 is 5.22. The third-order valence-electron chi connectivity index (χ3n) is 4.17. The second-order valence-electron chi connectivity index (χ2n) is 6.19. The number of halogens is 1. The van der Waals surface area contributed by atoms with Crippen molar-refractivity contribution in [2.24, 2.45) is 4.99 Å². The number of methoxy groups -OCH3 is 1. The lowest BCUT2D eigenvalue weighted by Crippen LogP contribution is -2.38. The fourth-order valence-electron chi connectivity index (χ4n) is 2.68. The van der Waals surface area contributed by atoms with Crippen molar-refractivity contribution >= 4 is 41.7 Å². The fourth-order valence-corrected chi connectivity index (χ4v) is 3.08. The van der Waals surface area contributed by atoms with E-state index in [4.69, 9.17) is 4.74 Å². The second-order valence-corrected chi connectivity index (χ2v) is 7.07. The minimum Gasteiger partial charge on any atom is -0.497 e. The molecule has 0 bridgehead atoms. The van der Waals surface area contributed by atoms with Crippen LogP contribution in [0.3, 0.4) is 0 Å². The Morgan fingerprint density at radius 3 is 2.57 bits per heavy atom. The topological polar surface area (TPSA) is 57.1 Å². The molecule has 154 valence electrons. The summed E-state index contributed by atoms with van der Waals surface area (Å²) in [7, 11) is 3.62. The lowest BCUT2D eigenvalue weighted by Gasteiger charge is -2.23. The minimum absolute atomic E-state index is 0. The Bertz CT molecular complexity index is 741. The number of thioether (sulfide) groups is 1. The maximum atomic E-state index is 10.5. The zero-order valence-electron chi connectivity index (χ0n) is 16.9. The molecule has 0 fully saturated rings. The molecule has 2 N–H and O–H groups in total. The summed E-state index contributed by atoms with van der Waals surface area (Å²) >= 11 is 1.74. The number of benzene rings is 2. The van der Waals surface area contributed by atoms with Gasteiger partial charge in [0, 0.05) is 25.0 Å². The van der Waals surface area contributed by atoms with Gasteiger partial charge in [-0.1, -0.05) is 24.3 Å². The van der Waals surface area contributed by atoms with Crippen LogP contribution in [0.5, 0.6) is 5.75 Å². The van der Waals surface area contributed by atoms with E-state index in [1.54, 1.807) is 18.9 Å². The highest BCUT2D eigenvalue weighted by atomic mass is 127. The molecule has 2 rings (SSSR count). The Kier molecular flexibility index (Phi) is 11.3. The van der Waals surface area contributed by atoms with Crippen LogP contribution in [0, 0.1) is 0 Å². The van der Waals surface area contributed by atoms with Crippen molar-refractivity contribution in [1.82, 2.24) is 10.2 Å².